The fraction of sp³-hybridized carbons (Fsp3) is 0.222. The third kappa shape index (κ3) is 3.79. The Morgan fingerprint density at radius 3 is 2.28 bits per heavy atom. The fourth-order valence-corrected chi connectivity index (χ4v) is 2.33. The summed E-state index contributed by atoms with van der Waals surface area (Å²) >= 11 is 2.90. The van der Waals surface area contributed by atoms with Crippen molar-refractivity contribution in [2.75, 3.05) is 0 Å². The number of alkyl halides is 3. The van der Waals surface area contributed by atoms with Gasteiger partial charge in [0.05, 0.1) is 4.90 Å². The number of hydrogen-bond acceptors (Lipinski definition) is 3. The van der Waals surface area contributed by atoms with Gasteiger partial charge in [-0.15, -0.1) is 0 Å². The molecule has 0 atom stereocenters. The van der Waals surface area contributed by atoms with Gasteiger partial charge in [-0.2, -0.15) is 13.2 Å². The zero-order chi connectivity index (χ0) is 14.1. The molecule has 0 heterocycles. The first-order chi connectivity index (χ1) is 8.01. The van der Waals surface area contributed by atoms with Gasteiger partial charge in [0, 0.05) is 10.9 Å². The molecule has 0 aliphatic rings. The van der Waals surface area contributed by atoms with Crippen LogP contribution in [0.5, 0.6) is 0 Å². The summed E-state index contributed by atoms with van der Waals surface area (Å²) in [6, 6.07) is 3.20. The van der Waals surface area contributed by atoms with Crippen LogP contribution in [0.25, 0.3) is 0 Å². The smallest absolute Gasteiger partial charge is 0.289 e. The van der Waals surface area contributed by atoms with E-state index in [4.69, 9.17) is 5.14 Å². The van der Waals surface area contributed by atoms with Gasteiger partial charge in [0.25, 0.3) is 0 Å². The molecule has 0 bridgehead atoms. The summed E-state index contributed by atoms with van der Waals surface area (Å²) in [4.78, 5) is 10.5. The molecule has 1 aromatic carbocycles. The van der Waals surface area contributed by atoms with Gasteiger partial charge in [-0.1, -0.05) is 22.0 Å². The lowest BCUT2D eigenvalue weighted by Gasteiger charge is -2.08. The molecule has 1 rings (SSSR count). The van der Waals surface area contributed by atoms with Crippen LogP contribution < -0.4 is 5.14 Å². The lowest BCUT2D eigenvalue weighted by Crippen LogP contribution is -2.24. The molecule has 100 valence electrons. The van der Waals surface area contributed by atoms with E-state index in [2.05, 4.69) is 15.9 Å². The highest BCUT2D eigenvalue weighted by Gasteiger charge is 2.38. The third-order valence-electron chi connectivity index (χ3n) is 2.02. The molecule has 4 nitrogen and oxygen atoms in total. The van der Waals surface area contributed by atoms with Crippen LogP contribution in [0.2, 0.25) is 0 Å². The molecular weight excluding hydrogens is 339 g/mol. The van der Waals surface area contributed by atoms with Crippen LogP contribution in [-0.4, -0.2) is 20.4 Å². The zero-order valence-electron chi connectivity index (χ0n) is 8.66. The van der Waals surface area contributed by atoms with Crippen molar-refractivity contribution in [2.45, 2.75) is 17.5 Å². The Labute approximate surface area is 109 Å². The van der Waals surface area contributed by atoms with E-state index in [1.165, 1.54) is 0 Å². The van der Waals surface area contributed by atoms with E-state index < -0.39 is 28.4 Å². The summed E-state index contributed by atoms with van der Waals surface area (Å²) in [5, 5.41) is 4.85. The third-order valence-corrected chi connectivity index (χ3v) is 3.67. The molecule has 9 heteroatoms. The topological polar surface area (TPSA) is 77.2 Å². The lowest BCUT2D eigenvalue weighted by atomic mass is 10.1. The maximum absolute atomic E-state index is 12.1. The summed E-state index contributed by atoms with van der Waals surface area (Å²) in [5.74, 6) is -1.91. The van der Waals surface area contributed by atoms with E-state index >= 15 is 0 Å². The maximum Gasteiger partial charge on any atom is 0.450 e. The van der Waals surface area contributed by atoms with Crippen LogP contribution in [0.1, 0.15) is 5.56 Å². The standard InChI is InChI=1S/C9H7BrF3NO3S/c10-7-4-6(18(14,16)17)2-1-5(7)3-8(15)9(11,12)13/h1-2,4H,3H2,(H2,14,16,17). The van der Waals surface area contributed by atoms with Gasteiger partial charge in [-0.05, 0) is 17.7 Å². The molecule has 0 aliphatic carbocycles. The van der Waals surface area contributed by atoms with E-state index in [0.717, 1.165) is 18.2 Å². The minimum absolute atomic E-state index is 0.0322. The van der Waals surface area contributed by atoms with Crippen LogP contribution in [0.4, 0.5) is 13.2 Å². The number of sulfonamides is 1. The first kappa shape index (κ1) is 15.1. The van der Waals surface area contributed by atoms with E-state index in [0.29, 0.717) is 0 Å². The van der Waals surface area contributed by atoms with Gasteiger partial charge in [-0.3, -0.25) is 4.79 Å². The normalized spacial score (nSPS) is 12.5. The number of benzene rings is 1. The van der Waals surface area contributed by atoms with Gasteiger partial charge < -0.3 is 0 Å². The first-order valence-electron chi connectivity index (χ1n) is 4.43. The van der Waals surface area contributed by atoms with Crippen molar-refractivity contribution in [1.29, 1.82) is 0 Å². The Morgan fingerprint density at radius 1 is 1.33 bits per heavy atom. The Kier molecular flexibility index (Phi) is 4.19. The minimum Gasteiger partial charge on any atom is -0.289 e. The number of rotatable bonds is 3. The summed E-state index contributed by atoms with van der Waals surface area (Å²) in [6.07, 6.45) is -5.78. The number of Topliss-reactive ketones (excluding diaryl/α,β-unsaturated/α-hetero) is 1. The van der Waals surface area contributed by atoms with E-state index in [9.17, 15) is 26.4 Å². The van der Waals surface area contributed by atoms with E-state index in [-0.39, 0.29) is 14.9 Å². The van der Waals surface area contributed by atoms with Crippen molar-refractivity contribution in [3.8, 4) is 0 Å². The minimum atomic E-state index is -4.92. The molecule has 0 radical (unpaired) electrons. The highest BCUT2D eigenvalue weighted by atomic mass is 79.9. The van der Waals surface area contributed by atoms with E-state index in [1.807, 2.05) is 0 Å². The molecule has 0 aromatic heterocycles. The van der Waals surface area contributed by atoms with Gasteiger partial charge in [-0.25, -0.2) is 13.6 Å². The van der Waals surface area contributed by atoms with Crippen LogP contribution in [0.3, 0.4) is 0 Å². The summed E-state index contributed by atoms with van der Waals surface area (Å²) in [7, 11) is -3.94. The highest BCUT2D eigenvalue weighted by Crippen LogP contribution is 2.25. The first-order valence-corrected chi connectivity index (χ1v) is 6.77. The number of ketones is 1. The largest absolute Gasteiger partial charge is 0.450 e. The molecular formula is C9H7BrF3NO3S. The highest BCUT2D eigenvalue weighted by molar-refractivity contribution is 9.10. The Morgan fingerprint density at radius 2 is 1.89 bits per heavy atom. The summed E-state index contributed by atoms with van der Waals surface area (Å²) in [5.41, 5.74) is 0.0322. The van der Waals surface area contributed by atoms with Crippen molar-refractivity contribution in [1.82, 2.24) is 0 Å². The molecule has 0 saturated heterocycles. The van der Waals surface area contributed by atoms with Crippen LogP contribution in [0.15, 0.2) is 27.6 Å². The van der Waals surface area contributed by atoms with Gasteiger partial charge in [0.1, 0.15) is 0 Å². The quantitative estimate of drug-likeness (QED) is 0.906. The number of halogens is 4. The average molecular weight is 346 g/mol. The van der Waals surface area contributed by atoms with Crippen molar-refractivity contribution in [3.63, 3.8) is 0 Å². The monoisotopic (exact) mass is 345 g/mol. The molecule has 1 aromatic rings. The number of nitrogens with two attached hydrogens (primary N) is 1. The number of carbonyl (C=O) groups excluding carboxylic acids is 1. The molecule has 0 aliphatic heterocycles. The predicted molar refractivity (Wildman–Crippen MR) is 60.3 cm³/mol. The molecule has 0 saturated carbocycles. The second-order valence-corrected chi connectivity index (χ2v) is 5.81. The van der Waals surface area contributed by atoms with Gasteiger partial charge in [0.2, 0.25) is 15.8 Å². The van der Waals surface area contributed by atoms with Crippen molar-refractivity contribution < 1.29 is 26.4 Å². The SMILES string of the molecule is NS(=O)(=O)c1ccc(CC(=O)C(F)(F)F)c(Br)c1. The Bertz CT molecular complexity index is 583. The van der Waals surface area contributed by atoms with E-state index in [1.54, 1.807) is 0 Å². The Hall–Kier alpha value is -0.930. The van der Waals surface area contributed by atoms with Crippen molar-refractivity contribution in [3.05, 3.63) is 28.2 Å². The second kappa shape index (κ2) is 4.98. The predicted octanol–water partition coefficient (Wildman–Crippen LogP) is 1.77. The Balaban J connectivity index is 3.05. The number of primary sulfonamides is 1. The average Bonchev–Trinajstić information content (AvgIpc) is 2.17. The number of carbonyl (C=O) groups is 1. The van der Waals surface area contributed by atoms with Gasteiger partial charge >= 0.3 is 6.18 Å². The van der Waals surface area contributed by atoms with Crippen LogP contribution in [0, 0.1) is 0 Å². The molecule has 0 amide bonds. The summed E-state index contributed by atoms with van der Waals surface area (Å²) < 4.78 is 58.2. The van der Waals surface area contributed by atoms with Crippen molar-refractivity contribution >= 4 is 31.7 Å². The van der Waals surface area contributed by atoms with Crippen molar-refractivity contribution in [2.24, 2.45) is 5.14 Å². The molecule has 0 unspecified atom stereocenters. The molecule has 0 fully saturated rings. The van der Waals surface area contributed by atoms with Crippen LogP contribution >= 0.6 is 15.9 Å². The number of hydrogen-bond donors (Lipinski definition) is 1. The fourth-order valence-electron chi connectivity index (χ4n) is 1.12. The second-order valence-electron chi connectivity index (χ2n) is 3.40. The maximum atomic E-state index is 12.1. The molecule has 0 spiro atoms. The zero-order valence-corrected chi connectivity index (χ0v) is 11.1. The summed E-state index contributed by atoms with van der Waals surface area (Å²) in [6.45, 7) is 0. The molecule has 18 heavy (non-hydrogen) atoms. The lowest BCUT2D eigenvalue weighted by molar-refractivity contribution is -0.170. The van der Waals surface area contributed by atoms with Gasteiger partial charge in [0.15, 0.2) is 0 Å². The van der Waals surface area contributed by atoms with Crippen LogP contribution in [-0.2, 0) is 21.2 Å². The molecule has 2 N–H and O–H groups in total.